The molecule has 2 nitrogen and oxygen atoms in total. The van der Waals surface area contributed by atoms with E-state index in [0.717, 1.165) is 50.1 Å². The number of hydrogen-bond donors (Lipinski definition) is 0. The lowest BCUT2D eigenvalue weighted by molar-refractivity contribution is 0.660. The summed E-state index contributed by atoms with van der Waals surface area (Å²) in [6, 6.07) is 68.0. The van der Waals surface area contributed by atoms with Crippen molar-refractivity contribution in [1.82, 2.24) is 0 Å². The molecule has 1 aliphatic carbocycles. The van der Waals surface area contributed by atoms with Crippen LogP contribution in [0.5, 0.6) is 0 Å². The van der Waals surface area contributed by atoms with E-state index in [9.17, 15) is 0 Å². The fourth-order valence-corrected chi connectivity index (χ4v) is 8.30. The Morgan fingerprint density at radius 1 is 0.358 bits per heavy atom. The van der Waals surface area contributed by atoms with Gasteiger partial charge in [0.25, 0.3) is 0 Å². The number of para-hydroxylation sites is 1. The number of hydrogen-bond acceptors (Lipinski definition) is 2. The predicted octanol–water partition coefficient (Wildman–Crippen LogP) is 14.4. The van der Waals surface area contributed by atoms with Crippen LogP contribution < -0.4 is 4.90 Å². The van der Waals surface area contributed by atoms with Crippen LogP contribution in [0.1, 0.15) is 25.0 Å². The molecule has 0 spiro atoms. The van der Waals surface area contributed by atoms with E-state index < -0.39 is 0 Å². The Hall–Kier alpha value is -6.64. The van der Waals surface area contributed by atoms with E-state index in [1.807, 2.05) is 12.1 Å². The zero-order valence-electron chi connectivity index (χ0n) is 29.8. The van der Waals surface area contributed by atoms with E-state index in [1.165, 1.54) is 44.5 Å². The van der Waals surface area contributed by atoms with Gasteiger partial charge in [0, 0.05) is 33.2 Å². The van der Waals surface area contributed by atoms with Crippen molar-refractivity contribution < 1.29 is 4.42 Å². The third-order valence-electron chi connectivity index (χ3n) is 11.1. The molecule has 8 aromatic carbocycles. The highest BCUT2D eigenvalue weighted by atomic mass is 16.3. The summed E-state index contributed by atoms with van der Waals surface area (Å²) in [7, 11) is 0. The lowest BCUT2D eigenvalue weighted by Gasteiger charge is -2.28. The average Bonchev–Trinajstić information content (AvgIpc) is 3.70. The molecule has 0 unspecified atom stereocenters. The van der Waals surface area contributed by atoms with Gasteiger partial charge in [-0.05, 0) is 110 Å². The molecule has 9 aromatic rings. The molecule has 1 heterocycles. The molecule has 0 saturated carbocycles. The smallest absolute Gasteiger partial charge is 0.135 e. The summed E-state index contributed by atoms with van der Waals surface area (Å²) in [5, 5.41) is 2.27. The standard InChI is InChI=1S/C51H37NO/c1-51(2)47-17-8-6-15-43(47)44-29-28-42(33-48(44)51)52(40-26-23-37(24-27-40)36-21-19-35(20-22-36)34-11-4-3-5-12-34)41-14-10-13-38(31-41)39-25-30-50-46(32-39)45-16-7-9-18-49(45)53-50/h3-33H,1-2H3. The highest BCUT2D eigenvalue weighted by Gasteiger charge is 2.35. The monoisotopic (exact) mass is 679 g/mol. The van der Waals surface area contributed by atoms with Crippen LogP contribution in [0.3, 0.4) is 0 Å². The van der Waals surface area contributed by atoms with E-state index in [4.69, 9.17) is 4.42 Å². The van der Waals surface area contributed by atoms with Crippen LogP contribution in [-0.4, -0.2) is 0 Å². The SMILES string of the molecule is CC1(C)c2ccccc2-c2ccc(N(c3ccc(-c4ccc(-c5ccccc5)cc4)cc3)c3cccc(-c4ccc5oc6ccccc6c5c4)c3)cc21. The van der Waals surface area contributed by atoms with Crippen LogP contribution in [0, 0.1) is 0 Å². The predicted molar refractivity (Wildman–Crippen MR) is 222 cm³/mol. The molecule has 0 amide bonds. The van der Waals surface area contributed by atoms with Gasteiger partial charge < -0.3 is 9.32 Å². The van der Waals surface area contributed by atoms with Crippen molar-refractivity contribution in [3.8, 4) is 44.5 Å². The lowest BCUT2D eigenvalue weighted by atomic mass is 9.82. The van der Waals surface area contributed by atoms with Gasteiger partial charge in [-0.1, -0.05) is 147 Å². The van der Waals surface area contributed by atoms with Gasteiger partial charge in [0.15, 0.2) is 0 Å². The summed E-state index contributed by atoms with van der Waals surface area (Å²) in [5.41, 5.74) is 17.6. The number of anilines is 3. The molecule has 1 aliphatic rings. The van der Waals surface area contributed by atoms with Crippen LogP contribution in [-0.2, 0) is 5.41 Å². The normalized spacial score (nSPS) is 12.9. The maximum Gasteiger partial charge on any atom is 0.135 e. The Balaban J connectivity index is 1.07. The molecule has 0 bridgehead atoms. The van der Waals surface area contributed by atoms with Crippen molar-refractivity contribution in [2.75, 3.05) is 4.90 Å². The summed E-state index contributed by atoms with van der Waals surface area (Å²) in [4.78, 5) is 2.40. The van der Waals surface area contributed by atoms with Crippen molar-refractivity contribution in [1.29, 1.82) is 0 Å². The highest BCUT2D eigenvalue weighted by Crippen LogP contribution is 2.51. The molecule has 252 valence electrons. The Labute approximate surface area is 310 Å². The van der Waals surface area contributed by atoms with Gasteiger partial charge in [-0.2, -0.15) is 0 Å². The fourth-order valence-electron chi connectivity index (χ4n) is 8.30. The van der Waals surface area contributed by atoms with Crippen LogP contribution in [0.2, 0.25) is 0 Å². The molecule has 0 saturated heterocycles. The van der Waals surface area contributed by atoms with Gasteiger partial charge in [0.05, 0.1) is 0 Å². The van der Waals surface area contributed by atoms with E-state index in [2.05, 4.69) is 195 Å². The number of nitrogens with zero attached hydrogens (tertiary/aromatic N) is 1. The third-order valence-corrected chi connectivity index (χ3v) is 11.1. The van der Waals surface area contributed by atoms with Gasteiger partial charge in [-0.25, -0.2) is 0 Å². The van der Waals surface area contributed by atoms with Gasteiger partial charge >= 0.3 is 0 Å². The topological polar surface area (TPSA) is 16.4 Å². The summed E-state index contributed by atoms with van der Waals surface area (Å²) in [5.74, 6) is 0. The molecule has 0 N–H and O–H groups in total. The zero-order valence-corrected chi connectivity index (χ0v) is 29.8. The Morgan fingerprint density at radius 2 is 0.906 bits per heavy atom. The minimum absolute atomic E-state index is 0.103. The second kappa shape index (κ2) is 12.3. The molecule has 0 atom stereocenters. The number of rotatable bonds is 6. The quantitative estimate of drug-likeness (QED) is 0.174. The molecule has 0 fully saturated rings. The number of furan rings is 1. The van der Waals surface area contributed by atoms with E-state index in [1.54, 1.807) is 0 Å². The molecule has 2 heteroatoms. The van der Waals surface area contributed by atoms with E-state index >= 15 is 0 Å². The van der Waals surface area contributed by atoms with Crippen molar-refractivity contribution >= 4 is 39.0 Å². The van der Waals surface area contributed by atoms with Crippen LogP contribution in [0.25, 0.3) is 66.4 Å². The molecule has 0 aliphatic heterocycles. The van der Waals surface area contributed by atoms with Gasteiger partial charge in [-0.15, -0.1) is 0 Å². The number of fused-ring (bicyclic) bond motifs is 6. The lowest BCUT2D eigenvalue weighted by Crippen LogP contribution is -2.16. The first-order valence-electron chi connectivity index (χ1n) is 18.3. The van der Waals surface area contributed by atoms with Crippen molar-refractivity contribution in [2.45, 2.75) is 19.3 Å². The van der Waals surface area contributed by atoms with Crippen LogP contribution >= 0.6 is 0 Å². The van der Waals surface area contributed by atoms with E-state index in [-0.39, 0.29) is 5.41 Å². The van der Waals surface area contributed by atoms with Gasteiger partial charge in [0.2, 0.25) is 0 Å². The van der Waals surface area contributed by atoms with Crippen molar-refractivity contribution in [3.05, 3.63) is 199 Å². The zero-order chi connectivity index (χ0) is 35.5. The average molecular weight is 680 g/mol. The summed E-state index contributed by atoms with van der Waals surface area (Å²) in [6.45, 7) is 4.69. The van der Waals surface area contributed by atoms with Gasteiger partial charge in [-0.3, -0.25) is 0 Å². The Bertz CT molecular complexity index is 2790. The van der Waals surface area contributed by atoms with Crippen LogP contribution in [0.15, 0.2) is 192 Å². The summed E-state index contributed by atoms with van der Waals surface area (Å²) >= 11 is 0. The maximum absolute atomic E-state index is 6.16. The first-order valence-corrected chi connectivity index (χ1v) is 18.3. The van der Waals surface area contributed by atoms with E-state index in [0.29, 0.717) is 0 Å². The second-order valence-electron chi connectivity index (χ2n) is 14.6. The number of benzene rings is 8. The van der Waals surface area contributed by atoms with Crippen molar-refractivity contribution in [2.24, 2.45) is 0 Å². The molecule has 10 rings (SSSR count). The Morgan fingerprint density at radius 3 is 1.70 bits per heavy atom. The van der Waals surface area contributed by atoms with Crippen molar-refractivity contribution in [3.63, 3.8) is 0 Å². The minimum atomic E-state index is -0.103. The maximum atomic E-state index is 6.16. The first-order chi connectivity index (χ1) is 26.0. The Kier molecular flexibility index (Phi) is 7.19. The summed E-state index contributed by atoms with van der Waals surface area (Å²) < 4.78 is 6.16. The third kappa shape index (κ3) is 5.26. The fraction of sp³-hybridized carbons (Fsp3) is 0.0588. The first kappa shape index (κ1) is 31.1. The second-order valence-corrected chi connectivity index (χ2v) is 14.6. The molecular weight excluding hydrogens is 643 g/mol. The molecule has 1 aromatic heterocycles. The minimum Gasteiger partial charge on any atom is -0.456 e. The van der Waals surface area contributed by atoms with Gasteiger partial charge in [0.1, 0.15) is 11.2 Å². The largest absolute Gasteiger partial charge is 0.456 e. The molecule has 0 radical (unpaired) electrons. The summed E-state index contributed by atoms with van der Waals surface area (Å²) in [6.07, 6.45) is 0. The molecule has 53 heavy (non-hydrogen) atoms. The van der Waals surface area contributed by atoms with Crippen LogP contribution in [0.4, 0.5) is 17.1 Å². The highest BCUT2D eigenvalue weighted by molar-refractivity contribution is 6.06. The molecular formula is C51H37NO.